The zero-order chi connectivity index (χ0) is 14.6. The summed E-state index contributed by atoms with van der Waals surface area (Å²) in [5.41, 5.74) is 0.430. The number of benzene rings is 1. The number of halogens is 1. The maximum atomic E-state index is 11.6. The molecule has 0 spiro atoms. The summed E-state index contributed by atoms with van der Waals surface area (Å²) in [6.45, 7) is 5.07. The number of carbonyl (C=O) groups is 2. The fraction of sp³-hybridized carbons (Fsp3) is 0.385. The molecule has 1 rings (SSSR count). The van der Waals surface area contributed by atoms with Crippen molar-refractivity contribution in [3.8, 4) is 5.75 Å². The summed E-state index contributed by atoms with van der Waals surface area (Å²) in [7, 11) is 0. The average molecular weight is 286 g/mol. The van der Waals surface area contributed by atoms with Gasteiger partial charge in [-0.25, -0.2) is 0 Å². The first-order chi connectivity index (χ1) is 8.81. The van der Waals surface area contributed by atoms with E-state index in [1.54, 1.807) is 12.1 Å². The van der Waals surface area contributed by atoms with E-state index in [0.717, 1.165) is 0 Å². The molecular weight excluding hydrogens is 270 g/mol. The third kappa shape index (κ3) is 4.44. The molecule has 0 aromatic heterocycles. The number of hydrogen-bond donors (Lipinski definition) is 2. The first kappa shape index (κ1) is 15.3. The lowest BCUT2D eigenvalue weighted by atomic mass is 10.1. The van der Waals surface area contributed by atoms with E-state index in [-0.39, 0.29) is 6.10 Å². The zero-order valence-corrected chi connectivity index (χ0v) is 11.7. The monoisotopic (exact) mass is 285 g/mol. The van der Waals surface area contributed by atoms with Crippen molar-refractivity contribution >= 4 is 29.2 Å². The molecule has 0 aliphatic carbocycles. The maximum Gasteiger partial charge on any atom is 0.315 e. The molecule has 1 atom stereocenters. The Kier molecular flexibility index (Phi) is 5.18. The Labute approximate surface area is 116 Å². The fourth-order valence-corrected chi connectivity index (χ4v) is 1.52. The Balaban J connectivity index is 2.79. The van der Waals surface area contributed by atoms with Crippen LogP contribution in [-0.4, -0.2) is 23.1 Å². The van der Waals surface area contributed by atoms with Gasteiger partial charge in [0.2, 0.25) is 5.91 Å². The molecular formula is C13H16ClNO4. The van der Waals surface area contributed by atoms with Gasteiger partial charge in [0.1, 0.15) is 11.7 Å². The van der Waals surface area contributed by atoms with Gasteiger partial charge in [-0.1, -0.05) is 11.6 Å². The molecule has 104 valence electrons. The lowest BCUT2D eigenvalue weighted by Gasteiger charge is -2.13. The minimum absolute atomic E-state index is 0.00928. The first-order valence-electron chi connectivity index (χ1n) is 5.81. The predicted molar refractivity (Wildman–Crippen MR) is 72.6 cm³/mol. The summed E-state index contributed by atoms with van der Waals surface area (Å²) in [5.74, 6) is -2.38. The van der Waals surface area contributed by atoms with E-state index in [0.29, 0.717) is 16.5 Å². The van der Waals surface area contributed by atoms with E-state index in [4.69, 9.17) is 21.4 Å². The second-order valence-electron chi connectivity index (χ2n) is 4.36. The number of carbonyl (C=O) groups excluding carboxylic acids is 1. The number of carboxylic acid groups (broad SMARTS) is 1. The molecule has 1 aromatic rings. The third-order valence-corrected chi connectivity index (χ3v) is 2.62. The van der Waals surface area contributed by atoms with Crippen LogP contribution >= 0.6 is 11.6 Å². The van der Waals surface area contributed by atoms with Crippen LogP contribution in [0.3, 0.4) is 0 Å². The predicted octanol–water partition coefficient (Wildman–Crippen LogP) is 2.79. The lowest BCUT2D eigenvalue weighted by Crippen LogP contribution is -2.26. The van der Waals surface area contributed by atoms with Crippen molar-refractivity contribution in [2.24, 2.45) is 5.92 Å². The Morgan fingerprint density at radius 2 is 1.95 bits per heavy atom. The summed E-state index contributed by atoms with van der Waals surface area (Å²) in [4.78, 5) is 22.2. The van der Waals surface area contributed by atoms with Gasteiger partial charge in [-0.05, 0) is 39.0 Å². The number of hydrogen-bond acceptors (Lipinski definition) is 3. The van der Waals surface area contributed by atoms with Crippen LogP contribution in [0.4, 0.5) is 5.69 Å². The van der Waals surface area contributed by atoms with Gasteiger partial charge < -0.3 is 15.2 Å². The van der Waals surface area contributed by atoms with E-state index >= 15 is 0 Å². The van der Waals surface area contributed by atoms with Crippen molar-refractivity contribution in [1.82, 2.24) is 0 Å². The maximum absolute atomic E-state index is 11.6. The average Bonchev–Trinajstić information content (AvgIpc) is 2.31. The van der Waals surface area contributed by atoms with Gasteiger partial charge in [-0.15, -0.1) is 0 Å². The molecule has 1 amide bonds. The molecule has 0 radical (unpaired) electrons. The van der Waals surface area contributed by atoms with Gasteiger partial charge in [0.25, 0.3) is 0 Å². The zero-order valence-electron chi connectivity index (χ0n) is 10.9. The topological polar surface area (TPSA) is 75.6 Å². The Morgan fingerprint density at radius 1 is 1.32 bits per heavy atom. The van der Waals surface area contributed by atoms with Crippen LogP contribution in [0.25, 0.3) is 0 Å². The van der Waals surface area contributed by atoms with Crippen LogP contribution in [-0.2, 0) is 9.59 Å². The van der Waals surface area contributed by atoms with Gasteiger partial charge in [0, 0.05) is 5.69 Å². The molecule has 1 unspecified atom stereocenters. The van der Waals surface area contributed by atoms with Gasteiger partial charge in [-0.3, -0.25) is 9.59 Å². The smallest absolute Gasteiger partial charge is 0.315 e. The highest BCUT2D eigenvalue weighted by Gasteiger charge is 2.20. The summed E-state index contributed by atoms with van der Waals surface area (Å²) in [5, 5.41) is 11.6. The summed E-state index contributed by atoms with van der Waals surface area (Å²) in [6.07, 6.45) is -0.00928. The molecule has 0 aliphatic rings. The SMILES string of the molecule is CC(C)Oc1ccc(NC(=O)C(C)C(=O)O)cc1Cl. The molecule has 6 heteroatoms. The number of aliphatic carboxylic acids is 1. The molecule has 5 nitrogen and oxygen atoms in total. The normalized spacial score (nSPS) is 12.1. The Bertz CT molecular complexity index is 488. The number of ether oxygens (including phenoxy) is 1. The number of rotatable bonds is 5. The van der Waals surface area contributed by atoms with E-state index in [2.05, 4.69) is 5.32 Å². The second-order valence-corrected chi connectivity index (χ2v) is 4.77. The summed E-state index contributed by atoms with van der Waals surface area (Å²) in [6, 6.07) is 4.76. The Hall–Kier alpha value is -1.75. The fourth-order valence-electron chi connectivity index (χ4n) is 1.29. The van der Waals surface area contributed by atoms with Crippen LogP contribution < -0.4 is 10.1 Å². The second kappa shape index (κ2) is 6.43. The standard InChI is InChI=1S/C13H16ClNO4/c1-7(2)19-11-5-4-9(6-10(11)14)15-12(16)8(3)13(17)18/h4-8H,1-3H3,(H,15,16)(H,17,18). The number of carboxylic acids is 1. The number of nitrogens with one attached hydrogen (secondary N) is 1. The van der Waals surface area contributed by atoms with Gasteiger partial charge >= 0.3 is 5.97 Å². The van der Waals surface area contributed by atoms with Crippen molar-refractivity contribution < 1.29 is 19.4 Å². The molecule has 1 aromatic carbocycles. The van der Waals surface area contributed by atoms with Gasteiger partial charge in [0.15, 0.2) is 0 Å². The molecule has 0 aliphatic heterocycles. The van der Waals surface area contributed by atoms with Crippen molar-refractivity contribution in [2.75, 3.05) is 5.32 Å². The largest absolute Gasteiger partial charge is 0.489 e. The quantitative estimate of drug-likeness (QED) is 0.816. The minimum atomic E-state index is -1.18. The number of amides is 1. The lowest BCUT2D eigenvalue weighted by molar-refractivity contribution is -0.144. The Morgan fingerprint density at radius 3 is 2.42 bits per heavy atom. The van der Waals surface area contributed by atoms with Crippen LogP contribution in [0, 0.1) is 5.92 Å². The van der Waals surface area contributed by atoms with Crippen LogP contribution in [0.5, 0.6) is 5.75 Å². The molecule has 19 heavy (non-hydrogen) atoms. The van der Waals surface area contributed by atoms with E-state index in [9.17, 15) is 9.59 Å². The summed E-state index contributed by atoms with van der Waals surface area (Å²) < 4.78 is 5.45. The highest BCUT2D eigenvalue weighted by atomic mass is 35.5. The van der Waals surface area contributed by atoms with Crippen LogP contribution in [0.2, 0.25) is 5.02 Å². The van der Waals surface area contributed by atoms with Gasteiger partial charge in [-0.2, -0.15) is 0 Å². The summed E-state index contributed by atoms with van der Waals surface area (Å²) >= 11 is 6.01. The third-order valence-electron chi connectivity index (χ3n) is 2.33. The number of anilines is 1. The molecule has 0 heterocycles. The first-order valence-corrected chi connectivity index (χ1v) is 6.19. The highest BCUT2D eigenvalue weighted by molar-refractivity contribution is 6.32. The van der Waals surface area contributed by atoms with Crippen LogP contribution in [0.15, 0.2) is 18.2 Å². The van der Waals surface area contributed by atoms with E-state index < -0.39 is 17.8 Å². The van der Waals surface area contributed by atoms with Crippen molar-refractivity contribution in [2.45, 2.75) is 26.9 Å². The molecule has 2 N–H and O–H groups in total. The van der Waals surface area contributed by atoms with Crippen molar-refractivity contribution in [3.63, 3.8) is 0 Å². The highest BCUT2D eigenvalue weighted by Crippen LogP contribution is 2.28. The van der Waals surface area contributed by atoms with E-state index in [1.807, 2.05) is 13.8 Å². The molecule has 0 bridgehead atoms. The minimum Gasteiger partial charge on any atom is -0.489 e. The molecule has 0 saturated heterocycles. The van der Waals surface area contributed by atoms with Crippen molar-refractivity contribution in [1.29, 1.82) is 0 Å². The molecule has 0 fully saturated rings. The van der Waals surface area contributed by atoms with Crippen molar-refractivity contribution in [3.05, 3.63) is 23.2 Å². The van der Waals surface area contributed by atoms with Crippen LogP contribution in [0.1, 0.15) is 20.8 Å². The molecule has 0 saturated carbocycles. The van der Waals surface area contributed by atoms with Gasteiger partial charge in [0.05, 0.1) is 11.1 Å². The van der Waals surface area contributed by atoms with E-state index in [1.165, 1.54) is 13.0 Å².